The van der Waals surface area contributed by atoms with Gasteiger partial charge in [-0.1, -0.05) is 31.6 Å². The second-order valence-electron chi connectivity index (χ2n) is 4.93. The molecule has 21 heavy (non-hydrogen) atoms. The molecule has 0 saturated heterocycles. The summed E-state index contributed by atoms with van der Waals surface area (Å²) in [6.45, 7) is 5.05. The molecule has 0 N–H and O–H groups in total. The second-order valence-corrected chi connectivity index (χ2v) is 5.97. The van der Waals surface area contributed by atoms with Gasteiger partial charge in [0.15, 0.2) is 0 Å². The van der Waals surface area contributed by atoms with E-state index in [9.17, 15) is 0 Å². The Morgan fingerprint density at radius 3 is 2.67 bits per heavy atom. The van der Waals surface area contributed by atoms with E-state index in [4.69, 9.17) is 4.74 Å². The molecule has 3 rings (SSSR count). The predicted octanol–water partition coefficient (Wildman–Crippen LogP) is 4.20. The quantitative estimate of drug-likeness (QED) is 0.641. The van der Waals surface area contributed by atoms with Crippen LogP contribution in [0.3, 0.4) is 0 Å². The number of imidazole rings is 1. The van der Waals surface area contributed by atoms with Crippen molar-refractivity contribution in [3.8, 4) is 17.0 Å². The third-order valence-corrected chi connectivity index (χ3v) is 4.37. The molecule has 2 heterocycles. The summed E-state index contributed by atoms with van der Waals surface area (Å²) in [4.78, 5) is 5.58. The normalized spacial score (nSPS) is 11.1. The predicted molar refractivity (Wildman–Crippen MR) is 86.1 cm³/mol. The molecule has 2 aromatic heterocycles. The van der Waals surface area contributed by atoms with E-state index in [1.807, 2.05) is 22.8 Å². The fourth-order valence-corrected chi connectivity index (χ4v) is 2.89. The van der Waals surface area contributed by atoms with Crippen molar-refractivity contribution >= 4 is 16.3 Å². The number of unbranched alkanes of at least 4 members (excludes halogenated alkanes) is 1. The second kappa shape index (κ2) is 6.26. The Hall–Kier alpha value is -1.88. The third kappa shape index (κ3) is 3.08. The van der Waals surface area contributed by atoms with Crippen LogP contribution in [-0.4, -0.2) is 21.2 Å². The van der Waals surface area contributed by atoms with Crippen LogP contribution in [0.4, 0.5) is 0 Å². The Kier molecular flexibility index (Phi) is 4.20. The van der Waals surface area contributed by atoms with E-state index in [-0.39, 0.29) is 0 Å². The molecule has 0 fully saturated rings. The first kappa shape index (κ1) is 14.1. The van der Waals surface area contributed by atoms with Crippen LogP contribution in [0.2, 0.25) is 0 Å². The first-order valence-electron chi connectivity index (χ1n) is 7.38. The molecular weight excluding hydrogens is 282 g/mol. The van der Waals surface area contributed by atoms with Crippen molar-refractivity contribution in [2.75, 3.05) is 6.61 Å². The van der Waals surface area contributed by atoms with Gasteiger partial charge in [0.1, 0.15) is 10.8 Å². The number of benzene rings is 1. The van der Waals surface area contributed by atoms with Crippen molar-refractivity contribution < 1.29 is 4.74 Å². The maximum absolute atomic E-state index is 5.68. The molecule has 0 saturated carbocycles. The van der Waals surface area contributed by atoms with Gasteiger partial charge in [-0.05, 0) is 37.1 Å². The number of hydrogen-bond acceptors (Lipinski definition) is 4. The average Bonchev–Trinajstić information content (AvgIpc) is 3.06. The zero-order valence-corrected chi connectivity index (χ0v) is 13.2. The lowest BCUT2D eigenvalue weighted by Gasteiger charge is -2.05. The lowest BCUT2D eigenvalue weighted by molar-refractivity contribution is 0.309. The number of rotatable bonds is 6. The molecule has 4 nitrogen and oxygen atoms in total. The number of nitrogens with zero attached hydrogens (tertiary/aromatic N) is 3. The summed E-state index contributed by atoms with van der Waals surface area (Å²) in [7, 11) is 0. The van der Waals surface area contributed by atoms with E-state index in [1.165, 1.54) is 0 Å². The molecule has 0 radical (unpaired) electrons. The van der Waals surface area contributed by atoms with Gasteiger partial charge in [-0.2, -0.15) is 5.10 Å². The minimum Gasteiger partial charge on any atom is -0.494 e. The summed E-state index contributed by atoms with van der Waals surface area (Å²) in [6.07, 6.45) is 5.17. The Balaban J connectivity index is 1.76. The summed E-state index contributed by atoms with van der Waals surface area (Å²) >= 11 is 1.65. The molecule has 0 spiro atoms. The molecule has 0 bridgehead atoms. The smallest absolute Gasteiger partial charge is 0.212 e. The minimum absolute atomic E-state index is 0.778. The zero-order chi connectivity index (χ0) is 14.7. The molecule has 0 aliphatic rings. The first-order valence-corrected chi connectivity index (χ1v) is 8.20. The molecule has 110 valence electrons. The number of hydrogen-bond donors (Lipinski definition) is 0. The number of fused-ring (bicyclic) bond motifs is 1. The van der Waals surface area contributed by atoms with Gasteiger partial charge in [0.05, 0.1) is 18.5 Å². The zero-order valence-electron chi connectivity index (χ0n) is 12.4. The van der Waals surface area contributed by atoms with Gasteiger partial charge in [-0.3, -0.25) is 0 Å². The molecule has 5 heteroatoms. The van der Waals surface area contributed by atoms with E-state index >= 15 is 0 Å². The maximum Gasteiger partial charge on any atom is 0.212 e. The van der Waals surface area contributed by atoms with Gasteiger partial charge < -0.3 is 4.74 Å². The molecule has 0 aliphatic carbocycles. The van der Waals surface area contributed by atoms with E-state index < -0.39 is 0 Å². The van der Waals surface area contributed by atoms with Crippen LogP contribution < -0.4 is 4.74 Å². The average molecular weight is 301 g/mol. The Bertz CT molecular complexity index is 683. The summed E-state index contributed by atoms with van der Waals surface area (Å²) in [5.74, 6) is 0.916. The Labute approximate surface area is 128 Å². The highest BCUT2D eigenvalue weighted by molar-refractivity contribution is 7.16. The first-order chi connectivity index (χ1) is 10.3. The summed E-state index contributed by atoms with van der Waals surface area (Å²) in [5, 5.41) is 5.61. The van der Waals surface area contributed by atoms with Gasteiger partial charge in [0.2, 0.25) is 4.96 Å². The molecule has 0 aliphatic heterocycles. The molecular formula is C16H19N3OS. The van der Waals surface area contributed by atoms with Crippen molar-refractivity contribution in [3.05, 3.63) is 35.5 Å². The third-order valence-electron chi connectivity index (χ3n) is 3.30. The van der Waals surface area contributed by atoms with E-state index in [2.05, 4.69) is 36.1 Å². The molecule has 0 unspecified atom stereocenters. The summed E-state index contributed by atoms with van der Waals surface area (Å²) in [6, 6.07) is 8.11. The molecule has 1 aromatic carbocycles. The molecule has 0 atom stereocenters. The van der Waals surface area contributed by atoms with Gasteiger partial charge >= 0.3 is 0 Å². The minimum atomic E-state index is 0.778. The van der Waals surface area contributed by atoms with Gasteiger partial charge in [0, 0.05) is 5.56 Å². The van der Waals surface area contributed by atoms with Crippen LogP contribution >= 0.6 is 11.3 Å². The maximum atomic E-state index is 5.68. The standard InChI is InChI=1S/C16H19N3OS/c1-3-5-10-20-13-8-6-12(7-9-13)14-11-19-16(17-14)21-15(4-2)18-19/h6-9,11H,3-5,10H2,1-2H3. The van der Waals surface area contributed by atoms with Gasteiger partial charge in [0.25, 0.3) is 0 Å². The van der Waals surface area contributed by atoms with Crippen molar-refractivity contribution in [1.82, 2.24) is 14.6 Å². The Morgan fingerprint density at radius 1 is 1.19 bits per heavy atom. The van der Waals surface area contributed by atoms with Crippen molar-refractivity contribution in [2.45, 2.75) is 33.1 Å². The summed E-state index contributed by atoms with van der Waals surface area (Å²) in [5.41, 5.74) is 2.05. The SMILES string of the molecule is CCCCOc1ccc(-c2cn3nc(CC)sc3n2)cc1. The van der Waals surface area contributed by atoms with Gasteiger partial charge in [-0.15, -0.1) is 0 Å². The lowest BCUT2D eigenvalue weighted by atomic mass is 10.2. The monoisotopic (exact) mass is 301 g/mol. The lowest BCUT2D eigenvalue weighted by Crippen LogP contribution is -1.95. The van der Waals surface area contributed by atoms with Gasteiger partial charge in [-0.25, -0.2) is 9.50 Å². The van der Waals surface area contributed by atoms with Crippen LogP contribution in [0.15, 0.2) is 30.5 Å². The number of ether oxygens (including phenoxy) is 1. The fourth-order valence-electron chi connectivity index (χ4n) is 2.08. The molecule has 0 amide bonds. The van der Waals surface area contributed by atoms with Crippen molar-refractivity contribution in [3.63, 3.8) is 0 Å². The highest BCUT2D eigenvalue weighted by atomic mass is 32.1. The van der Waals surface area contributed by atoms with Crippen LogP contribution in [0.1, 0.15) is 31.7 Å². The van der Waals surface area contributed by atoms with E-state index in [0.29, 0.717) is 0 Å². The fraction of sp³-hybridized carbons (Fsp3) is 0.375. The van der Waals surface area contributed by atoms with Crippen molar-refractivity contribution in [1.29, 1.82) is 0 Å². The molecule has 3 aromatic rings. The van der Waals surface area contributed by atoms with Crippen molar-refractivity contribution in [2.24, 2.45) is 0 Å². The largest absolute Gasteiger partial charge is 0.494 e. The highest BCUT2D eigenvalue weighted by Crippen LogP contribution is 2.24. The van der Waals surface area contributed by atoms with Crippen LogP contribution in [0.5, 0.6) is 5.75 Å². The van der Waals surface area contributed by atoms with Crippen LogP contribution in [0.25, 0.3) is 16.2 Å². The highest BCUT2D eigenvalue weighted by Gasteiger charge is 2.08. The van der Waals surface area contributed by atoms with Crippen LogP contribution in [0, 0.1) is 0 Å². The number of aromatic nitrogens is 3. The van der Waals surface area contributed by atoms with E-state index in [1.54, 1.807) is 11.3 Å². The number of aryl methyl sites for hydroxylation is 1. The summed E-state index contributed by atoms with van der Waals surface area (Å²) < 4.78 is 7.54. The Morgan fingerprint density at radius 2 is 2.00 bits per heavy atom. The topological polar surface area (TPSA) is 39.4 Å². The van der Waals surface area contributed by atoms with E-state index in [0.717, 1.165) is 52.8 Å². The van der Waals surface area contributed by atoms with Crippen LogP contribution in [-0.2, 0) is 6.42 Å².